The maximum absolute atomic E-state index is 6.44. The Morgan fingerprint density at radius 3 is 2.52 bits per heavy atom. The molecule has 0 radical (unpaired) electrons. The molecule has 0 aromatic heterocycles. The molecule has 0 spiro atoms. The number of ether oxygens (including phenoxy) is 1. The Balaban J connectivity index is 1.53. The van der Waals surface area contributed by atoms with Crippen molar-refractivity contribution in [2.45, 2.75) is 25.2 Å². The van der Waals surface area contributed by atoms with E-state index in [1.165, 1.54) is 16.7 Å². The molecule has 2 aromatic rings. The first-order chi connectivity index (χ1) is 12.2. The number of fused-ring (bicyclic) bond motifs is 1. The van der Waals surface area contributed by atoms with Crippen LogP contribution in [-0.2, 0) is 17.8 Å². The Labute approximate surface area is 166 Å². The topological polar surface area (TPSA) is 24.5 Å². The van der Waals surface area contributed by atoms with E-state index in [-0.39, 0.29) is 6.10 Å². The first-order valence-corrected chi connectivity index (χ1v) is 10.4. The van der Waals surface area contributed by atoms with Crippen LogP contribution >= 0.6 is 31.9 Å². The van der Waals surface area contributed by atoms with Gasteiger partial charge in [0, 0.05) is 41.5 Å². The highest BCUT2D eigenvalue weighted by Crippen LogP contribution is 2.38. The second-order valence-electron chi connectivity index (χ2n) is 6.76. The van der Waals surface area contributed by atoms with E-state index in [1.54, 1.807) is 0 Å². The second kappa shape index (κ2) is 7.89. The SMILES string of the molecule is Brc1cc(Br)cc(CO[C@@H]2Cc3ccccc3[C@@H]2N2CCNCC2)c1. The van der Waals surface area contributed by atoms with Crippen molar-refractivity contribution in [2.75, 3.05) is 26.2 Å². The number of piperazine rings is 1. The van der Waals surface area contributed by atoms with Gasteiger partial charge < -0.3 is 10.1 Å². The molecule has 1 aliphatic heterocycles. The van der Waals surface area contributed by atoms with Crippen LogP contribution in [0.4, 0.5) is 0 Å². The average molecular weight is 466 g/mol. The Kier molecular flexibility index (Phi) is 5.58. The van der Waals surface area contributed by atoms with Gasteiger partial charge in [0.05, 0.1) is 18.8 Å². The molecule has 3 nitrogen and oxygen atoms in total. The van der Waals surface area contributed by atoms with Gasteiger partial charge in [-0.1, -0.05) is 56.1 Å². The molecule has 1 N–H and O–H groups in total. The van der Waals surface area contributed by atoms with E-state index in [9.17, 15) is 0 Å². The van der Waals surface area contributed by atoms with Gasteiger partial charge in [-0.3, -0.25) is 4.90 Å². The van der Waals surface area contributed by atoms with Gasteiger partial charge >= 0.3 is 0 Å². The summed E-state index contributed by atoms with van der Waals surface area (Å²) in [7, 11) is 0. The van der Waals surface area contributed by atoms with Crippen LogP contribution in [0.3, 0.4) is 0 Å². The van der Waals surface area contributed by atoms with Crippen molar-refractivity contribution < 1.29 is 4.74 Å². The maximum Gasteiger partial charge on any atom is 0.0816 e. The van der Waals surface area contributed by atoms with Crippen LogP contribution in [0.5, 0.6) is 0 Å². The van der Waals surface area contributed by atoms with Gasteiger partial charge in [-0.05, 0) is 34.9 Å². The van der Waals surface area contributed by atoms with Gasteiger partial charge in [-0.25, -0.2) is 0 Å². The Morgan fingerprint density at radius 2 is 1.76 bits per heavy atom. The maximum atomic E-state index is 6.44. The van der Waals surface area contributed by atoms with E-state index in [0.717, 1.165) is 41.5 Å². The van der Waals surface area contributed by atoms with Crippen LogP contribution in [0, 0.1) is 0 Å². The Bertz CT molecular complexity index is 726. The van der Waals surface area contributed by atoms with Crippen LogP contribution < -0.4 is 5.32 Å². The quantitative estimate of drug-likeness (QED) is 0.728. The van der Waals surface area contributed by atoms with Crippen LogP contribution in [-0.4, -0.2) is 37.2 Å². The highest BCUT2D eigenvalue weighted by Gasteiger charge is 2.37. The summed E-state index contributed by atoms with van der Waals surface area (Å²) in [5.74, 6) is 0. The number of rotatable bonds is 4. The molecule has 132 valence electrons. The zero-order valence-corrected chi connectivity index (χ0v) is 17.2. The molecule has 5 heteroatoms. The summed E-state index contributed by atoms with van der Waals surface area (Å²) in [6.07, 6.45) is 1.22. The highest BCUT2D eigenvalue weighted by atomic mass is 79.9. The molecular weight excluding hydrogens is 444 g/mol. The number of benzene rings is 2. The first kappa shape index (κ1) is 17.7. The van der Waals surface area contributed by atoms with Gasteiger partial charge in [0.1, 0.15) is 0 Å². The average Bonchev–Trinajstić information content (AvgIpc) is 2.98. The predicted octanol–water partition coefficient (Wildman–Crippen LogP) is 4.30. The van der Waals surface area contributed by atoms with E-state index < -0.39 is 0 Å². The Hall–Kier alpha value is -0.720. The molecule has 1 heterocycles. The number of hydrogen-bond acceptors (Lipinski definition) is 3. The minimum Gasteiger partial charge on any atom is -0.371 e. The van der Waals surface area contributed by atoms with Crippen molar-refractivity contribution in [3.63, 3.8) is 0 Å². The molecule has 0 saturated carbocycles. The molecule has 0 unspecified atom stereocenters. The third-order valence-electron chi connectivity index (χ3n) is 5.08. The summed E-state index contributed by atoms with van der Waals surface area (Å²) in [6.45, 7) is 4.93. The van der Waals surface area contributed by atoms with Crippen molar-refractivity contribution >= 4 is 31.9 Å². The van der Waals surface area contributed by atoms with E-state index in [0.29, 0.717) is 12.6 Å². The normalized spacial score (nSPS) is 23.6. The molecule has 25 heavy (non-hydrogen) atoms. The van der Waals surface area contributed by atoms with Crippen molar-refractivity contribution in [1.29, 1.82) is 0 Å². The zero-order chi connectivity index (χ0) is 17.2. The summed E-state index contributed by atoms with van der Waals surface area (Å²) in [5.41, 5.74) is 4.08. The van der Waals surface area contributed by atoms with Crippen LogP contribution in [0.2, 0.25) is 0 Å². The molecule has 0 bridgehead atoms. The summed E-state index contributed by atoms with van der Waals surface area (Å²) < 4.78 is 8.60. The molecule has 0 amide bonds. The van der Waals surface area contributed by atoms with Gasteiger partial charge in [0.2, 0.25) is 0 Å². The first-order valence-electron chi connectivity index (χ1n) is 8.80. The Morgan fingerprint density at radius 1 is 1.04 bits per heavy atom. The molecule has 1 fully saturated rings. The summed E-state index contributed by atoms with van der Waals surface area (Å²) >= 11 is 7.13. The fourth-order valence-electron chi connectivity index (χ4n) is 3.98. The van der Waals surface area contributed by atoms with Crippen molar-refractivity contribution in [1.82, 2.24) is 10.2 Å². The molecule has 2 aliphatic rings. The second-order valence-corrected chi connectivity index (χ2v) is 8.59. The fraction of sp³-hybridized carbons (Fsp3) is 0.400. The smallest absolute Gasteiger partial charge is 0.0816 e. The third-order valence-corrected chi connectivity index (χ3v) is 5.99. The number of nitrogens with zero attached hydrogens (tertiary/aromatic N) is 1. The number of hydrogen-bond donors (Lipinski definition) is 1. The van der Waals surface area contributed by atoms with E-state index >= 15 is 0 Å². The van der Waals surface area contributed by atoms with Crippen molar-refractivity contribution in [3.05, 3.63) is 68.1 Å². The zero-order valence-electron chi connectivity index (χ0n) is 14.1. The van der Waals surface area contributed by atoms with Gasteiger partial charge in [-0.2, -0.15) is 0 Å². The predicted molar refractivity (Wildman–Crippen MR) is 108 cm³/mol. The molecule has 1 aliphatic carbocycles. The van der Waals surface area contributed by atoms with Crippen molar-refractivity contribution in [2.24, 2.45) is 0 Å². The summed E-state index contributed by atoms with van der Waals surface area (Å²) in [5, 5.41) is 3.45. The largest absolute Gasteiger partial charge is 0.371 e. The summed E-state index contributed by atoms with van der Waals surface area (Å²) in [4.78, 5) is 2.59. The fourth-order valence-corrected chi connectivity index (χ4v) is 5.37. The molecule has 1 saturated heterocycles. The molecule has 2 atom stereocenters. The lowest BCUT2D eigenvalue weighted by Crippen LogP contribution is -2.47. The van der Waals surface area contributed by atoms with E-state index in [1.807, 2.05) is 0 Å². The van der Waals surface area contributed by atoms with Crippen molar-refractivity contribution in [3.8, 4) is 0 Å². The molecule has 4 rings (SSSR count). The summed E-state index contributed by atoms with van der Waals surface area (Å²) in [6, 6.07) is 15.5. The standard InChI is InChI=1S/C20H22Br2N2O/c21-16-9-14(10-17(22)12-16)13-25-19-11-15-3-1-2-4-18(15)20(19)24-7-5-23-6-8-24/h1-4,9-10,12,19-20,23H,5-8,11,13H2/t19-,20+/m1/s1. The van der Waals surface area contributed by atoms with Crippen LogP contribution in [0.15, 0.2) is 51.4 Å². The van der Waals surface area contributed by atoms with Gasteiger partial charge in [0.15, 0.2) is 0 Å². The molecule has 2 aromatic carbocycles. The minimum atomic E-state index is 0.216. The molecular formula is C20H22Br2N2O. The van der Waals surface area contributed by atoms with E-state index in [4.69, 9.17) is 4.74 Å². The van der Waals surface area contributed by atoms with Gasteiger partial charge in [-0.15, -0.1) is 0 Å². The number of halogens is 2. The lowest BCUT2D eigenvalue weighted by molar-refractivity contribution is -0.0188. The lowest BCUT2D eigenvalue weighted by Gasteiger charge is -2.36. The van der Waals surface area contributed by atoms with Gasteiger partial charge in [0.25, 0.3) is 0 Å². The lowest BCUT2D eigenvalue weighted by atomic mass is 10.1. The highest BCUT2D eigenvalue weighted by molar-refractivity contribution is 9.11. The van der Waals surface area contributed by atoms with Crippen LogP contribution in [0.25, 0.3) is 0 Å². The van der Waals surface area contributed by atoms with Crippen LogP contribution in [0.1, 0.15) is 22.7 Å². The monoisotopic (exact) mass is 464 g/mol. The third kappa shape index (κ3) is 4.01. The minimum absolute atomic E-state index is 0.216. The van der Waals surface area contributed by atoms with E-state index in [2.05, 4.69) is 84.5 Å². The number of nitrogens with one attached hydrogen (secondary N) is 1.